The van der Waals surface area contributed by atoms with Crippen LogP contribution in [0.2, 0.25) is 0 Å². The van der Waals surface area contributed by atoms with E-state index in [0.29, 0.717) is 12.8 Å². The number of hydrogen-bond acceptors (Lipinski definition) is 6. The molecule has 0 spiro atoms. The highest BCUT2D eigenvalue weighted by Gasteiger charge is 2.32. The predicted octanol–water partition coefficient (Wildman–Crippen LogP) is 5.36. The largest absolute Gasteiger partial charge is 0.455 e. The summed E-state index contributed by atoms with van der Waals surface area (Å²) in [5.74, 6) is 0.136. The summed E-state index contributed by atoms with van der Waals surface area (Å²) in [6, 6.07) is -0.157. The van der Waals surface area contributed by atoms with Crippen LogP contribution in [0.1, 0.15) is 78.1 Å². The van der Waals surface area contributed by atoms with Crippen LogP contribution in [0.25, 0.3) is 0 Å². The molecule has 0 bridgehead atoms. The van der Waals surface area contributed by atoms with E-state index in [4.69, 9.17) is 9.47 Å². The molecule has 7 heteroatoms. The lowest BCUT2D eigenvalue weighted by Crippen LogP contribution is -2.44. The number of nitrogens with zero attached hydrogens (tertiary/aromatic N) is 2. The van der Waals surface area contributed by atoms with Gasteiger partial charge in [-0.25, -0.2) is 9.78 Å². The molecule has 0 unspecified atom stereocenters. The van der Waals surface area contributed by atoms with Crippen molar-refractivity contribution < 1.29 is 19.1 Å². The van der Waals surface area contributed by atoms with Gasteiger partial charge in [0.1, 0.15) is 10.6 Å². The lowest BCUT2D eigenvalue weighted by atomic mass is 9.96. The van der Waals surface area contributed by atoms with Gasteiger partial charge in [0.25, 0.3) is 0 Å². The van der Waals surface area contributed by atoms with Crippen molar-refractivity contribution in [1.29, 1.82) is 0 Å². The van der Waals surface area contributed by atoms with Gasteiger partial charge >= 0.3 is 12.1 Å². The molecule has 0 radical (unpaired) electrons. The van der Waals surface area contributed by atoms with Crippen LogP contribution in [0.5, 0.6) is 0 Å². The number of thiazole rings is 1. The maximum Gasteiger partial charge on any atom is 0.410 e. The van der Waals surface area contributed by atoms with Crippen molar-refractivity contribution in [3.05, 3.63) is 16.1 Å². The Bertz CT molecular complexity index is 649. The van der Waals surface area contributed by atoms with E-state index >= 15 is 0 Å². The van der Waals surface area contributed by atoms with Crippen LogP contribution in [0.4, 0.5) is 4.79 Å². The second-order valence-electron chi connectivity index (χ2n) is 9.04. The number of aromatic nitrogens is 1. The van der Waals surface area contributed by atoms with Crippen molar-refractivity contribution in [1.82, 2.24) is 9.88 Å². The standard InChI is InChI=1S/C21H36N2O4S/c1-13(2)10-18(24)26-17(19-22-15(5)12-28-19)11-16(14(3)4)23(9)20(25)27-21(6,7)8/h12-14,16-17H,10-11H2,1-9H3/t16-,17+/m1/s1. The molecule has 1 aromatic heterocycles. The molecule has 1 heterocycles. The third-order valence-corrected chi connectivity index (χ3v) is 5.22. The van der Waals surface area contributed by atoms with Gasteiger partial charge in [-0.2, -0.15) is 0 Å². The SMILES string of the molecule is Cc1csc([C@H](C[C@H](C(C)C)N(C)C(=O)OC(C)(C)C)OC(=O)CC(C)C)n1. The van der Waals surface area contributed by atoms with Crippen LogP contribution < -0.4 is 0 Å². The molecule has 0 saturated carbocycles. The number of hydrogen-bond donors (Lipinski definition) is 0. The number of amides is 1. The zero-order valence-electron chi connectivity index (χ0n) is 18.7. The lowest BCUT2D eigenvalue weighted by Gasteiger charge is -2.34. The highest BCUT2D eigenvalue weighted by atomic mass is 32.1. The van der Waals surface area contributed by atoms with Gasteiger partial charge in [-0.1, -0.05) is 27.7 Å². The van der Waals surface area contributed by atoms with Crippen LogP contribution >= 0.6 is 11.3 Å². The van der Waals surface area contributed by atoms with E-state index in [2.05, 4.69) is 4.98 Å². The molecule has 160 valence electrons. The van der Waals surface area contributed by atoms with Gasteiger partial charge in [-0.15, -0.1) is 11.3 Å². The van der Waals surface area contributed by atoms with Crippen LogP contribution in [0, 0.1) is 18.8 Å². The molecular weight excluding hydrogens is 376 g/mol. The Hall–Kier alpha value is -1.63. The van der Waals surface area contributed by atoms with Crippen molar-refractivity contribution in [2.45, 2.75) is 86.0 Å². The molecule has 1 aromatic rings. The van der Waals surface area contributed by atoms with E-state index in [1.54, 1.807) is 11.9 Å². The summed E-state index contributed by atoms with van der Waals surface area (Å²) in [7, 11) is 1.73. The van der Waals surface area contributed by atoms with E-state index in [-0.39, 0.29) is 29.9 Å². The van der Waals surface area contributed by atoms with Crippen LogP contribution in [0.15, 0.2) is 5.38 Å². The van der Waals surface area contributed by atoms with Crippen molar-refractivity contribution in [3.8, 4) is 0 Å². The molecule has 0 aliphatic carbocycles. The van der Waals surface area contributed by atoms with E-state index in [0.717, 1.165) is 10.7 Å². The summed E-state index contributed by atoms with van der Waals surface area (Å²) in [5, 5.41) is 2.71. The third kappa shape index (κ3) is 8.17. The lowest BCUT2D eigenvalue weighted by molar-refractivity contribution is -0.151. The monoisotopic (exact) mass is 412 g/mol. The molecular formula is C21H36N2O4S. The molecule has 0 N–H and O–H groups in total. The topological polar surface area (TPSA) is 68.7 Å². The fraction of sp³-hybridized carbons (Fsp3) is 0.762. The first-order valence-electron chi connectivity index (χ1n) is 9.87. The highest BCUT2D eigenvalue weighted by Crippen LogP contribution is 2.31. The predicted molar refractivity (Wildman–Crippen MR) is 112 cm³/mol. The number of esters is 1. The Kier molecular flexibility index (Phi) is 8.92. The molecule has 6 nitrogen and oxygen atoms in total. The molecule has 28 heavy (non-hydrogen) atoms. The van der Waals surface area contributed by atoms with E-state index in [1.165, 1.54) is 11.3 Å². The van der Waals surface area contributed by atoms with Gasteiger partial charge in [0.15, 0.2) is 6.10 Å². The average molecular weight is 413 g/mol. The number of aryl methyl sites for hydroxylation is 1. The van der Waals surface area contributed by atoms with Gasteiger partial charge in [0, 0.05) is 37.0 Å². The van der Waals surface area contributed by atoms with E-state index in [1.807, 2.05) is 60.8 Å². The van der Waals surface area contributed by atoms with Crippen molar-refractivity contribution in [2.75, 3.05) is 7.05 Å². The third-order valence-electron chi connectivity index (χ3n) is 4.16. The van der Waals surface area contributed by atoms with Crippen LogP contribution in [-0.2, 0) is 14.3 Å². The molecule has 0 aliphatic heterocycles. The Labute approximate surface area is 173 Å². The van der Waals surface area contributed by atoms with Gasteiger partial charge in [0.2, 0.25) is 0 Å². The zero-order valence-corrected chi connectivity index (χ0v) is 19.6. The molecule has 0 fully saturated rings. The van der Waals surface area contributed by atoms with Gasteiger partial charge in [0.05, 0.1) is 0 Å². The van der Waals surface area contributed by atoms with E-state index < -0.39 is 11.7 Å². The molecule has 1 amide bonds. The average Bonchev–Trinajstić information content (AvgIpc) is 2.94. The normalized spacial score (nSPS) is 14.1. The number of ether oxygens (including phenoxy) is 2. The highest BCUT2D eigenvalue weighted by molar-refractivity contribution is 7.09. The Morgan fingerprint density at radius 3 is 2.25 bits per heavy atom. The minimum Gasteiger partial charge on any atom is -0.455 e. The first kappa shape index (κ1) is 24.4. The molecule has 1 rings (SSSR count). The molecule has 0 saturated heterocycles. The number of carbonyl (C=O) groups excluding carboxylic acids is 2. The van der Waals surface area contributed by atoms with Crippen LogP contribution in [-0.4, -0.2) is 40.6 Å². The summed E-state index contributed by atoms with van der Waals surface area (Å²) < 4.78 is 11.3. The minimum atomic E-state index is -0.567. The van der Waals surface area contributed by atoms with Crippen LogP contribution in [0.3, 0.4) is 0 Å². The fourth-order valence-electron chi connectivity index (χ4n) is 2.83. The van der Waals surface area contributed by atoms with Gasteiger partial charge in [-0.3, -0.25) is 4.79 Å². The first-order chi connectivity index (χ1) is 12.8. The summed E-state index contributed by atoms with van der Waals surface area (Å²) in [5.41, 5.74) is 0.328. The molecule has 0 aliphatic rings. The minimum absolute atomic E-state index is 0.157. The smallest absolute Gasteiger partial charge is 0.410 e. The first-order valence-corrected chi connectivity index (χ1v) is 10.8. The van der Waals surface area contributed by atoms with E-state index in [9.17, 15) is 9.59 Å². The summed E-state index contributed by atoms with van der Waals surface area (Å²) in [6.45, 7) is 15.5. The quantitative estimate of drug-likeness (QED) is 0.537. The summed E-state index contributed by atoms with van der Waals surface area (Å²) in [4.78, 5) is 31.1. The maximum atomic E-state index is 12.6. The summed E-state index contributed by atoms with van der Waals surface area (Å²) in [6.07, 6.45) is -0.0322. The maximum absolute atomic E-state index is 12.6. The molecule has 0 aromatic carbocycles. The molecule has 2 atom stereocenters. The Morgan fingerprint density at radius 1 is 1.21 bits per heavy atom. The van der Waals surface area contributed by atoms with Crippen molar-refractivity contribution >= 4 is 23.4 Å². The number of rotatable bonds is 8. The Morgan fingerprint density at radius 2 is 1.82 bits per heavy atom. The summed E-state index contributed by atoms with van der Waals surface area (Å²) >= 11 is 1.48. The Balaban J connectivity index is 3.03. The number of carbonyl (C=O) groups is 2. The fourth-order valence-corrected chi connectivity index (χ4v) is 3.66. The van der Waals surface area contributed by atoms with Crippen molar-refractivity contribution in [3.63, 3.8) is 0 Å². The van der Waals surface area contributed by atoms with Crippen molar-refractivity contribution in [2.24, 2.45) is 11.8 Å². The second kappa shape index (κ2) is 10.2. The van der Waals surface area contributed by atoms with Gasteiger partial charge < -0.3 is 14.4 Å². The second-order valence-corrected chi connectivity index (χ2v) is 9.93. The zero-order chi connectivity index (χ0) is 21.6. The van der Waals surface area contributed by atoms with Gasteiger partial charge in [-0.05, 0) is 39.5 Å².